The Morgan fingerprint density at radius 1 is 1.06 bits per heavy atom. The largest absolute Gasteiger partial charge is 0.493 e. The molecule has 0 spiro atoms. The average Bonchev–Trinajstić information content (AvgIpc) is 2.80. The molecule has 1 aliphatic heterocycles. The molecule has 34 heavy (non-hydrogen) atoms. The number of carbonyl (C=O) groups excluding carboxylic acids is 1. The summed E-state index contributed by atoms with van der Waals surface area (Å²) < 4.78 is 28.9. The van der Waals surface area contributed by atoms with Gasteiger partial charge in [-0.15, -0.1) is 0 Å². The Hall–Kier alpha value is -2.66. The van der Waals surface area contributed by atoms with Crippen LogP contribution in [0.4, 0.5) is 16.3 Å². The average molecular weight is 524 g/mol. The molecule has 12 heteroatoms. The molecule has 0 bridgehead atoms. The number of anilines is 2. The minimum Gasteiger partial charge on any atom is -0.493 e. The number of fused-ring (bicyclic) bond motifs is 1. The van der Waals surface area contributed by atoms with Crippen LogP contribution in [0.5, 0.6) is 5.75 Å². The summed E-state index contributed by atoms with van der Waals surface area (Å²) in [5.74, 6) is 1.42. The van der Waals surface area contributed by atoms with E-state index in [0.717, 1.165) is 13.0 Å². The number of carbonyl (C=O) groups is 1. The van der Waals surface area contributed by atoms with E-state index in [1.165, 1.54) is 6.33 Å². The van der Waals surface area contributed by atoms with Crippen molar-refractivity contribution < 1.29 is 17.9 Å². The molecule has 0 aliphatic carbocycles. The molecule has 0 saturated carbocycles. The summed E-state index contributed by atoms with van der Waals surface area (Å²) >= 11 is 12.2. The Bertz CT molecular complexity index is 1270. The number of urea groups is 1. The second-order valence-corrected chi connectivity index (χ2v) is 10.9. The molecule has 2 N–H and O–H groups in total. The van der Waals surface area contributed by atoms with Gasteiger partial charge in [0.05, 0.1) is 39.4 Å². The van der Waals surface area contributed by atoms with Crippen LogP contribution in [-0.2, 0) is 9.84 Å². The molecule has 0 radical (unpaired) electrons. The second kappa shape index (κ2) is 10.7. The normalized spacial score (nSPS) is 15.7. The van der Waals surface area contributed by atoms with Gasteiger partial charge in [-0.3, -0.25) is 5.32 Å². The first kappa shape index (κ1) is 24.5. The third kappa shape index (κ3) is 6.26. The fourth-order valence-electron chi connectivity index (χ4n) is 3.55. The van der Waals surface area contributed by atoms with E-state index in [9.17, 15) is 13.2 Å². The van der Waals surface area contributed by atoms with E-state index >= 15 is 0 Å². The van der Waals surface area contributed by atoms with Crippen LogP contribution in [0, 0.1) is 0 Å². The maximum absolute atomic E-state index is 12.5. The summed E-state index contributed by atoms with van der Waals surface area (Å²) in [4.78, 5) is 23.0. The maximum atomic E-state index is 12.5. The van der Waals surface area contributed by atoms with E-state index in [1.807, 2.05) is 0 Å². The van der Waals surface area contributed by atoms with Crippen LogP contribution in [0.1, 0.15) is 6.42 Å². The van der Waals surface area contributed by atoms with Gasteiger partial charge in [-0.05, 0) is 30.7 Å². The molecular weight excluding hydrogens is 501 g/mol. The fraction of sp³-hybridized carbons (Fsp3) is 0.318. The minimum absolute atomic E-state index is 0.220. The number of hydrogen-bond donors (Lipinski definition) is 2. The molecule has 4 rings (SSSR count). The Labute approximate surface area is 207 Å². The number of ether oxygens (including phenoxy) is 1. The summed E-state index contributed by atoms with van der Waals surface area (Å²) in [6.07, 6.45) is 2.13. The number of nitrogens with zero attached hydrogens (tertiary/aromatic N) is 3. The molecular formula is C22H23Cl2N5O4S. The minimum atomic E-state index is -2.87. The zero-order valence-electron chi connectivity index (χ0n) is 18.1. The molecule has 2 amide bonds. The fourth-order valence-corrected chi connectivity index (χ4v) is 5.32. The first-order chi connectivity index (χ1) is 16.3. The van der Waals surface area contributed by atoms with Gasteiger partial charge in [-0.25, -0.2) is 23.2 Å². The third-order valence-corrected chi connectivity index (χ3v) is 7.60. The van der Waals surface area contributed by atoms with Gasteiger partial charge < -0.3 is 15.0 Å². The highest BCUT2D eigenvalue weighted by Gasteiger charge is 2.21. The Kier molecular flexibility index (Phi) is 7.72. The number of aromatic nitrogens is 2. The maximum Gasteiger partial charge on any atom is 0.324 e. The number of amides is 2. The second-order valence-electron chi connectivity index (χ2n) is 7.77. The van der Waals surface area contributed by atoms with Gasteiger partial charge in [-0.2, -0.15) is 0 Å². The number of sulfone groups is 1. The number of nitrogens with one attached hydrogen (secondary N) is 2. The van der Waals surface area contributed by atoms with Crippen LogP contribution in [0.3, 0.4) is 0 Å². The lowest BCUT2D eigenvalue weighted by atomic mass is 10.2. The number of rotatable bonds is 7. The molecule has 1 aromatic heterocycles. The Balaban J connectivity index is 1.33. The zero-order chi connectivity index (χ0) is 24.1. The van der Waals surface area contributed by atoms with Crippen molar-refractivity contribution in [3.05, 3.63) is 52.8 Å². The van der Waals surface area contributed by atoms with Gasteiger partial charge in [-0.1, -0.05) is 29.3 Å². The first-order valence-electron chi connectivity index (χ1n) is 10.6. The van der Waals surface area contributed by atoms with Gasteiger partial charge in [0.1, 0.15) is 17.9 Å². The van der Waals surface area contributed by atoms with Crippen LogP contribution in [0.25, 0.3) is 10.9 Å². The molecule has 1 aliphatic rings. The van der Waals surface area contributed by atoms with Gasteiger partial charge in [0, 0.05) is 31.1 Å². The topological polar surface area (TPSA) is 114 Å². The van der Waals surface area contributed by atoms with Crippen LogP contribution in [-0.4, -0.2) is 67.1 Å². The van der Waals surface area contributed by atoms with Gasteiger partial charge in [0.25, 0.3) is 0 Å². The number of halogens is 2. The predicted molar refractivity (Wildman–Crippen MR) is 134 cm³/mol. The highest BCUT2D eigenvalue weighted by atomic mass is 35.5. The van der Waals surface area contributed by atoms with E-state index in [-0.39, 0.29) is 11.5 Å². The van der Waals surface area contributed by atoms with Crippen molar-refractivity contribution in [2.45, 2.75) is 6.42 Å². The monoisotopic (exact) mass is 523 g/mol. The van der Waals surface area contributed by atoms with E-state index < -0.39 is 15.9 Å². The SMILES string of the molecule is O=C(Nc1c(Cl)cccc1Cl)Nc1ncnc2cc(OCCCN3CCS(=O)(=O)CC3)ccc12. The summed E-state index contributed by atoms with van der Waals surface area (Å²) in [6, 6.07) is 9.74. The van der Waals surface area contributed by atoms with Gasteiger partial charge in [0.2, 0.25) is 0 Å². The van der Waals surface area contributed by atoms with Crippen LogP contribution in [0.2, 0.25) is 10.0 Å². The van der Waals surface area contributed by atoms with Crippen molar-refractivity contribution in [3.63, 3.8) is 0 Å². The highest BCUT2D eigenvalue weighted by molar-refractivity contribution is 7.91. The summed E-state index contributed by atoms with van der Waals surface area (Å²) in [5.41, 5.74) is 0.920. The van der Waals surface area contributed by atoms with Crippen LogP contribution < -0.4 is 15.4 Å². The van der Waals surface area contributed by atoms with Crippen molar-refractivity contribution in [1.82, 2.24) is 14.9 Å². The quantitative estimate of drug-likeness (QED) is 0.448. The van der Waals surface area contributed by atoms with Crippen molar-refractivity contribution in [2.24, 2.45) is 0 Å². The van der Waals surface area contributed by atoms with Crippen molar-refractivity contribution >= 4 is 61.5 Å². The Morgan fingerprint density at radius 2 is 1.79 bits per heavy atom. The molecule has 0 unspecified atom stereocenters. The summed E-state index contributed by atoms with van der Waals surface area (Å²) in [5, 5.41) is 6.61. The molecule has 0 atom stereocenters. The number of benzene rings is 2. The van der Waals surface area contributed by atoms with Gasteiger partial charge >= 0.3 is 6.03 Å². The van der Waals surface area contributed by atoms with E-state index in [1.54, 1.807) is 36.4 Å². The summed E-state index contributed by atoms with van der Waals surface area (Å²) in [6.45, 7) is 2.42. The smallest absolute Gasteiger partial charge is 0.324 e. The van der Waals surface area contributed by atoms with E-state index in [2.05, 4.69) is 25.5 Å². The molecule has 3 aromatic rings. The third-order valence-electron chi connectivity index (χ3n) is 5.37. The van der Waals surface area contributed by atoms with E-state index in [4.69, 9.17) is 27.9 Å². The lowest BCUT2D eigenvalue weighted by Crippen LogP contribution is -2.40. The van der Waals surface area contributed by atoms with Crippen molar-refractivity contribution in [2.75, 3.05) is 48.4 Å². The molecule has 1 fully saturated rings. The molecule has 2 heterocycles. The highest BCUT2D eigenvalue weighted by Crippen LogP contribution is 2.30. The molecule has 2 aromatic carbocycles. The van der Waals surface area contributed by atoms with E-state index in [0.29, 0.717) is 57.9 Å². The lowest BCUT2D eigenvalue weighted by Gasteiger charge is -2.26. The van der Waals surface area contributed by atoms with Crippen LogP contribution >= 0.6 is 23.2 Å². The van der Waals surface area contributed by atoms with Crippen molar-refractivity contribution in [3.8, 4) is 5.75 Å². The zero-order valence-corrected chi connectivity index (χ0v) is 20.5. The number of para-hydroxylation sites is 1. The van der Waals surface area contributed by atoms with Crippen LogP contribution in [0.15, 0.2) is 42.7 Å². The lowest BCUT2D eigenvalue weighted by molar-refractivity contribution is 0.246. The summed E-state index contributed by atoms with van der Waals surface area (Å²) in [7, 11) is -2.87. The first-order valence-corrected chi connectivity index (χ1v) is 13.2. The molecule has 180 valence electrons. The predicted octanol–water partition coefficient (Wildman–Crippen LogP) is 4.08. The Morgan fingerprint density at radius 3 is 2.53 bits per heavy atom. The molecule has 1 saturated heterocycles. The van der Waals surface area contributed by atoms with Crippen molar-refractivity contribution in [1.29, 1.82) is 0 Å². The standard InChI is InChI=1S/C22H23Cl2N5O4S/c23-17-3-1-4-18(24)20(17)27-22(30)28-21-16-6-5-15(13-19(16)25-14-26-21)33-10-2-7-29-8-11-34(31,32)12-9-29/h1,3-6,13-14H,2,7-12H2,(H2,25,26,27,28,30). The van der Waals surface area contributed by atoms with Gasteiger partial charge in [0.15, 0.2) is 9.84 Å². The number of hydrogen-bond acceptors (Lipinski definition) is 7. The molecule has 9 nitrogen and oxygen atoms in total.